The summed E-state index contributed by atoms with van der Waals surface area (Å²) in [6.45, 7) is 1.96. The monoisotopic (exact) mass is 352 g/mol. The Labute approximate surface area is 153 Å². The van der Waals surface area contributed by atoms with Crippen LogP contribution in [0.15, 0.2) is 48.5 Å². The van der Waals surface area contributed by atoms with Crippen LogP contribution in [0.25, 0.3) is 0 Å². The summed E-state index contributed by atoms with van der Waals surface area (Å²) in [5.41, 5.74) is 8.36. The smallest absolute Gasteiger partial charge is 0.250 e. The van der Waals surface area contributed by atoms with Gasteiger partial charge in [0.2, 0.25) is 5.91 Å². The molecule has 0 aliphatic carbocycles. The Morgan fingerprint density at radius 3 is 2.38 bits per heavy atom. The molecule has 2 aromatic carbocycles. The first-order valence-electron chi connectivity index (χ1n) is 8.91. The maximum atomic E-state index is 12.2. The van der Waals surface area contributed by atoms with E-state index in [0.717, 1.165) is 37.3 Å². The molecule has 0 atom stereocenters. The number of hydrogen-bond donors (Lipinski definition) is 3. The van der Waals surface area contributed by atoms with Crippen LogP contribution in [-0.2, 0) is 4.79 Å². The van der Waals surface area contributed by atoms with Crippen LogP contribution in [0, 0.1) is 0 Å². The number of carbonyl (C=O) groups is 2. The number of benzene rings is 2. The van der Waals surface area contributed by atoms with Crippen LogP contribution >= 0.6 is 0 Å². The van der Waals surface area contributed by atoms with Crippen LogP contribution in [0.1, 0.15) is 29.6 Å². The van der Waals surface area contributed by atoms with Crippen molar-refractivity contribution in [3.05, 3.63) is 54.1 Å². The molecule has 6 nitrogen and oxygen atoms in total. The normalized spacial score (nSPS) is 13.9. The SMILES string of the molecule is NC(=O)c1ccc(NC(=O)CNc2ccccc2)cc1N1CCCCC1. The second kappa shape index (κ2) is 8.38. The average molecular weight is 352 g/mol. The van der Waals surface area contributed by atoms with Crippen molar-refractivity contribution in [2.24, 2.45) is 5.73 Å². The van der Waals surface area contributed by atoms with Crippen molar-refractivity contribution in [1.29, 1.82) is 0 Å². The Hall–Kier alpha value is -3.02. The minimum Gasteiger partial charge on any atom is -0.376 e. The summed E-state index contributed by atoms with van der Waals surface area (Å²) in [7, 11) is 0. The summed E-state index contributed by atoms with van der Waals surface area (Å²) in [4.78, 5) is 26.1. The number of nitrogens with zero attached hydrogens (tertiary/aromatic N) is 1. The number of piperidine rings is 1. The summed E-state index contributed by atoms with van der Waals surface area (Å²) < 4.78 is 0. The minimum atomic E-state index is -0.450. The van der Waals surface area contributed by atoms with Gasteiger partial charge in [0.05, 0.1) is 17.8 Å². The first-order valence-corrected chi connectivity index (χ1v) is 8.91. The standard InChI is InChI=1S/C20H24N4O2/c21-20(26)17-10-9-16(13-18(17)24-11-5-2-6-12-24)23-19(25)14-22-15-7-3-1-4-8-15/h1,3-4,7-10,13,22H,2,5-6,11-12,14H2,(H2,21,26)(H,23,25). The maximum Gasteiger partial charge on any atom is 0.250 e. The quantitative estimate of drug-likeness (QED) is 0.746. The van der Waals surface area contributed by atoms with Crippen LogP contribution in [0.2, 0.25) is 0 Å². The number of carbonyl (C=O) groups excluding carboxylic acids is 2. The van der Waals surface area contributed by atoms with Gasteiger partial charge in [0, 0.05) is 24.5 Å². The third-order valence-corrected chi connectivity index (χ3v) is 4.47. The highest BCUT2D eigenvalue weighted by Crippen LogP contribution is 2.27. The predicted octanol–water partition coefficient (Wildman–Crippen LogP) is 2.83. The number of amides is 2. The van der Waals surface area contributed by atoms with Crippen LogP contribution in [0.4, 0.5) is 17.1 Å². The summed E-state index contributed by atoms with van der Waals surface area (Å²) in [6.07, 6.45) is 3.38. The topological polar surface area (TPSA) is 87.5 Å². The molecule has 6 heteroatoms. The van der Waals surface area contributed by atoms with E-state index in [-0.39, 0.29) is 12.5 Å². The average Bonchev–Trinajstić information content (AvgIpc) is 2.67. The molecule has 0 bridgehead atoms. The zero-order chi connectivity index (χ0) is 18.4. The Morgan fingerprint density at radius 2 is 1.69 bits per heavy atom. The van der Waals surface area contributed by atoms with Gasteiger partial charge in [0.15, 0.2) is 0 Å². The fourth-order valence-electron chi connectivity index (χ4n) is 3.16. The van der Waals surface area contributed by atoms with E-state index in [0.29, 0.717) is 11.3 Å². The van der Waals surface area contributed by atoms with Crippen LogP contribution in [0.3, 0.4) is 0 Å². The fraction of sp³-hybridized carbons (Fsp3) is 0.300. The molecule has 0 radical (unpaired) electrons. The van der Waals surface area contributed by atoms with E-state index in [1.807, 2.05) is 36.4 Å². The van der Waals surface area contributed by atoms with E-state index in [4.69, 9.17) is 5.73 Å². The van der Waals surface area contributed by atoms with E-state index in [1.54, 1.807) is 12.1 Å². The predicted molar refractivity (Wildman–Crippen MR) is 105 cm³/mol. The lowest BCUT2D eigenvalue weighted by molar-refractivity contribution is -0.114. The molecule has 1 fully saturated rings. The molecule has 1 aliphatic heterocycles. The first-order chi connectivity index (χ1) is 12.6. The van der Waals surface area contributed by atoms with Gasteiger partial charge in [0.1, 0.15) is 0 Å². The first kappa shape index (κ1) is 17.8. The lowest BCUT2D eigenvalue weighted by Crippen LogP contribution is -2.31. The van der Waals surface area contributed by atoms with E-state index in [2.05, 4.69) is 15.5 Å². The fourth-order valence-corrected chi connectivity index (χ4v) is 3.16. The molecule has 0 unspecified atom stereocenters. The van der Waals surface area contributed by atoms with Gasteiger partial charge in [-0.1, -0.05) is 18.2 Å². The molecule has 2 aromatic rings. The summed E-state index contributed by atoms with van der Waals surface area (Å²) in [6, 6.07) is 14.8. The van der Waals surface area contributed by atoms with Crippen molar-refractivity contribution in [2.75, 3.05) is 35.2 Å². The number of primary amides is 1. The number of hydrogen-bond acceptors (Lipinski definition) is 4. The van der Waals surface area contributed by atoms with Crippen molar-refractivity contribution in [3.8, 4) is 0 Å². The zero-order valence-corrected chi connectivity index (χ0v) is 14.7. The maximum absolute atomic E-state index is 12.2. The number of nitrogens with two attached hydrogens (primary N) is 1. The molecular formula is C20H24N4O2. The summed E-state index contributed by atoms with van der Waals surface area (Å²) in [5, 5.41) is 5.95. The molecule has 136 valence electrons. The van der Waals surface area contributed by atoms with Gasteiger partial charge >= 0.3 is 0 Å². The van der Waals surface area contributed by atoms with Crippen LogP contribution in [0.5, 0.6) is 0 Å². The minimum absolute atomic E-state index is 0.148. The van der Waals surface area contributed by atoms with Crippen molar-refractivity contribution in [1.82, 2.24) is 0 Å². The third-order valence-electron chi connectivity index (χ3n) is 4.47. The Morgan fingerprint density at radius 1 is 0.962 bits per heavy atom. The molecule has 0 aromatic heterocycles. The molecule has 0 spiro atoms. The van der Waals surface area contributed by atoms with Crippen molar-refractivity contribution < 1.29 is 9.59 Å². The lowest BCUT2D eigenvalue weighted by atomic mass is 10.1. The second-order valence-electron chi connectivity index (χ2n) is 6.41. The second-order valence-corrected chi connectivity index (χ2v) is 6.41. The highest BCUT2D eigenvalue weighted by atomic mass is 16.2. The highest BCUT2D eigenvalue weighted by Gasteiger charge is 2.18. The molecule has 1 aliphatic rings. The molecule has 26 heavy (non-hydrogen) atoms. The Balaban J connectivity index is 1.69. The summed E-state index contributed by atoms with van der Waals surface area (Å²) in [5.74, 6) is -0.598. The largest absolute Gasteiger partial charge is 0.376 e. The van der Waals surface area contributed by atoms with Crippen molar-refractivity contribution in [2.45, 2.75) is 19.3 Å². The Kier molecular flexibility index (Phi) is 5.73. The van der Waals surface area contributed by atoms with E-state index in [1.165, 1.54) is 6.42 Å². The van der Waals surface area contributed by atoms with Crippen LogP contribution in [-0.4, -0.2) is 31.4 Å². The molecule has 1 saturated heterocycles. The van der Waals surface area contributed by atoms with Gasteiger partial charge in [-0.25, -0.2) is 0 Å². The molecule has 2 amide bonds. The van der Waals surface area contributed by atoms with Crippen molar-refractivity contribution in [3.63, 3.8) is 0 Å². The number of para-hydroxylation sites is 1. The van der Waals surface area contributed by atoms with Gasteiger partial charge in [-0.05, 0) is 49.6 Å². The van der Waals surface area contributed by atoms with Gasteiger partial charge in [0.25, 0.3) is 5.91 Å². The van der Waals surface area contributed by atoms with Gasteiger partial charge in [-0.15, -0.1) is 0 Å². The summed E-state index contributed by atoms with van der Waals surface area (Å²) >= 11 is 0. The number of rotatable bonds is 6. The molecule has 1 heterocycles. The number of nitrogens with one attached hydrogen (secondary N) is 2. The molecule has 3 rings (SSSR count). The highest BCUT2D eigenvalue weighted by molar-refractivity contribution is 6.01. The molecular weight excluding hydrogens is 328 g/mol. The van der Waals surface area contributed by atoms with E-state index in [9.17, 15) is 9.59 Å². The van der Waals surface area contributed by atoms with E-state index >= 15 is 0 Å². The van der Waals surface area contributed by atoms with Gasteiger partial charge < -0.3 is 21.3 Å². The molecule has 0 saturated carbocycles. The van der Waals surface area contributed by atoms with E-state index < -0.39 is 5.91 Å². The lowest BCUT2D eigenvalue weighted by Gasteiger charge is -2.30. The van der Waals surface area contributed by atoms with Crippen LogP contribution < -0.4 is 21.3 Å². The van der Waals surface area contributed by atoms with Crippen molar-refractivity contribution >= 4 is 28.9 Å². The zero-order valence-electron chi connectivity index (χ0n) is 14.7. The van der Waals surface area contributed by atoms with Gasteiger partial charge in [-0.3, -0.25) is 9.59 Å². The number of anilines is 3. The molecule has 4 N–H and O–H groups in total. The Bertz CT molecular complexity index is 771. The third kappa shape index (κ3) is 4.53. The van der Waals surface area contributed by atoms with Gasteiger partial charge in [-0.2, -0.15) is 0 Å².